The molecular weight excluding hydrogens is 428 g/mol. The summed E-state index contributed by atoms with van der Waals surface area (Å²) in [6.45, 7) is 6.43. The summed E-state index contributed by atoms with van der Waals surface area (Å²) in [6.07, 6.45) is 0. The lowest BCUT2D eigenvalue weighted by molar-refractivity contribution is 0.555. The topological polar surface area (TPSA) is 43.6 Å². The number of aryl methyl sites for hydroxylation is 1. The lowest BCUT2D eigenvalue weighted by Crippen LogP contribution is -2.04. The van der Waals surface area contributed by atoms with Gasteiger partial charge in [-0.25, -0.2) is 4.98 Å². The van der Waals surface area contributed by atoms with Crippen molar-refractivity contribution in [3.05, 3.63) is 56.7 Å². The maximum Gasteiger partial charge on any atom is 0.192 e. The Bertz CT molecular complexity index is 1100. The summed E-state index contributed by atoms with van der Waals surface area (Å²) in [5.41, 5.74) is 3.13. The van der Waals surface area contributed by atoms with Crippen molar-refractivity contribution in [1.29, 1.82) is 0 Å². The van der Waals surface area contributed by atoms with Crippen LogP contribution in [0.1, 0.15) is 30.5 Å². The molecule has 0 spiro atoms. The Kier molecular flexibility index (Phi) is 5.87. The van der Waals surface area contributed by atoms with Crippen LogP contribution in [0.2, 0.25) is 5.02 Å². The number of halogens is 1. The van der Waals surface area contributed by atoms with E-state index in [1.54, 1.807) is 34.4 Å². The van der Waals surface area contributed by atoms with Crippen molar-refractivity contribution in [2.24, 2.45) is 0 Å². The van der Waals surface area contributed by atoms with E-state index in [0.29, 0.717) is 0 Å². The van der Waals surface area contributed by atoms with Crippen LogP contribution in [0.25, 0.3) is 22.0 Å². The Balaban J connectivity index is 1.54. The molecule has 8 heteroatoms. The molecule has 0 saturated carbocycles. The van der Waals surface area contributed by atoms with E-state index in [9.17, 15) is 0 Å². The SMILES string of the molecule is Cc1cc(-c2nnc(SCc3csc(-c4ccccc4Cl)n3)n2C(C)C)cs1. The Morgan fingerprint density at radius 2 is 1.96 bits per heavy atom. The third-order valence-electron chi connectivity index (χ3n) is 4.17. The number of aromatic nitrogens is 4. The first-order valence-electron chi connectivity index (χ1n) is 8.85. The fourth-order valence-electron chi connectivity index (χ4n) is 2.87. The van der Waals surface area contributed by atoms with Crippen LogP contribution >= 0.6 is 46.0 Å². The van der Waals surface area contributed by atoms with Gasteiger partial charge < -0.3 is 0 Å². The second kappa shape index (κ2) is 8.37. The Labute approximate surface area is 181 Å². The summed E-state index contributed by atoms with van der Waals surface area (Å²) < 4.78 is 2.20. The highest BCUT2D eigenvalue weighted by Crippen LogP contribution is 2.34. The van der Waals surface area contributed by atoms with Crippen LogP contribution in [0.5, 0.6) is 0 Å². The van der Waals surface area contributed by atoms with Crippen LogP contribution in [0.3, 0.4) is 0 Å². The standard InChI is InChI=1S/C20H19ClN4S3/c1-12(2)25-18(14-8-13(3)26-9-14)23-24-20(25)28-11-15-10-27-19(22-15)16-6-4-5-7-17(16)21/h4-10,12H,11H2,1-3H3. The number of nitrogens with zero attached hydrogens (tertiary/aromatic N) is 4. The molecule has 0 aliphatic heterocycles. The van der Waals surface area contributed by atoms with Gasteiger partial charge in [-0.1, -0.05) is 41.6 Å². The lowest BCUT2D eigenvalue weighted by Gasteiger charge is -2.12. The lowest BCUT2D eigenvalue weighted by atomic mass is 10.2. The summed E-state index contributed by atoms with van der Waals surface area (Å²) in [6, 6.07) is 10.3. The van der Waals surface area contributed by atoms with Crippen molar-refractivity contribution >= 4 is 46.0 Å². The van der Waals surface area contributed by atoms with Crippen molar-refractivity contribution < 1.29 is 0 Å². The molecule has 0 bridgehead atoms. The quantitative estimate of drug-likeness (QED) is 0.300. The minimum Gasteiger partial charge on any atom is -0.299 e. The first-order valence-corrected chi connectivity index (χ1v) is 12.0. The number of hydrogen-bond donors (Lipinski definition) is 0. The van der Waals surface area contributed by atoms with E-state index in [0.717, 1.165) is 43.6 Å². The highest BCUT2D eigenvalue weighted by Gasteiger charge is 2.18. The van der Waals surface area contributed by atoms with Crippen molar-refractivity contribution in [2.75, 3.05) is 0 Å². The van der Waals surface area contributed by atoms with E-state index < -0.39 is 0 Å². The summed E-state index contributed by atoms with van der Waals surface area (Å²) in [7, 11) is 0. The van der Waals surface area contributed by atoms with Crippen LogP contribution < -0.4 is 0 Å². The van der Waals surface area contributed by atoms with Crippen LogP contribution in [0.4, 0.5) is 0 Å². The first-order chi connectivity index (χ1) is 13.5. The van der Waals surface area contributed by atoms with E-state index in [2.05, 4.69) is 52.4 Å². The molecule has 4 rings (SSSR count). The van der Waals surface area contributed by atoms with Gasteiger partial charge in [-0.15, -0.1) is 32.9 Å². The second-order valence-electron chi connectivity index (χ2n) is 6.63. The number of thioether (sulfide) groups is 1. The van der Waals surface area contributed by atoms with Gasteiger partial charge in [0.1, 0.15) is 5.01 Å². The number of thiazole rings is 1. The van der Waals surface area contributed by atoms with Gasteiger partial charge >= 0.3 is 0 Å². The molecule has 4 nitrogen and oxygen atoms in total. The zero-order valence-corrected chi connectivity index (χ0v) is 18.9. The Hall–Kier alpha value is -1.67. The maximum absolute atomic E-state index is 6.30. The van der Waals surface area contributed by atoms with Crippen LogP contribution in [0, 0.1) is 6.92 Å². The number of thiophene rings is 1. The molecular formula is C20H19ClN4S3. The predicted molar refractivity (Wildman–Crippen MR) is 121 cm³/mol. The van der Waals surface area contributed by atoms with E-state index in [1.165, 1.54) is 4.88 Å². The van der Waals surface area contributed by atoms with Crippen molar-refractivity contribution in [3.63, 3.8) is 0 Å². The average Bonchev–Trinajstić information content (AvgIpc) is 3.39. The first kappa shape index (κ1) is 19.6. The molecule has 0 radical (unpaired) electrons. The van der Waals surface area contributed by atoms with E-state index >= 15 is 0 Å². The third-order valence-corrected chi connectivity index (χ3v) is 7.27. The predicted octanol–water partition coefficient (Wildman–Crippen LogP) is 6.97. The molecule has 0 amide bonds. The summed E-state index contributed by atoms with van der Waals surface area (Å²) >= 11 is 11.3. The number of benzene rings is 1. The van der Waals surface area contributed by atoms with Crippen LogP contribution in [-0.4, -0.2) is 19.7 Å². The van der Waals surface area contributed by atoms with E-state index in [4.69, 9.17) is 16.6 Å². The maximum atomic E-state index is 6.30. The van der Waals surface area contributed by atoms with Gasteiger partial charge in [-0.3, -0.25) is 4.57 Å². The smallest absolute Gasteiger partial charge is 0.192 e. The van der Waals surface area contributed by atoms with Gasteiger partial charge in [-0.05, 0) is 32.9 Å². The van der Waals surface area contributed by atoms with Crippen molar-refractivity contribution in [2.45, 2.75) is 37.7 Å². The van der Waals surface area contributed by atoms with Crippen LogP contribution in [-0.2, 0) is 5.75 Å². The third kappa shape index (κ3) is 4.03. The van der Waals surface area contributed by atoms with Gasteiger partial charge in [-0.2, -0.15) is 0 Å². The molecule has 3 aromatic heterocycles. The molecule has 0 aliphatic carbocycles. The molecule has 28 heavy (non-hydrogen) atoms. The molecule has 1 aromatic carbocycles. The van der Waals surface area contributed by atoms with Gasteiger partial charge in [0.2, 0.25) is 0 Å². The van der Waals surface area contributed by atoms with Gasteiger partial charge in [0.05, 0.1) is 10.7 Å². The van der Waals surface area contributed by atoms with Crippen molar-refractivity contribution in [1.82, 2.24) is 19.7 Å². The molecule has 0 N–H and O–H groups in total. The minimum atomic E-state index is 0.279. The zero-order valence-electron chi connectivity index (χ0n) is 15.7. The summed E-state index contributed by atoms with van der Waals surface area (Å²) in [5, 5.41) is 15.7. The minimum absolute atomic E-state index is 0.279. The molecule has 0 atom stereocenters. The molecule has 0 fully saturated rings. The van der Waals surface area contributed by atoms with Gasteiger partial charge in [0.15, 0.2) is 11.0 Å². The monoisotopic (exact) mass is 446 g/mol. The van der Waals surface area contributed by atoms with E-state index in [1.807, 2.05) is 24.3 Å². The molecule has 144 valence electrons. The average molecular weight is 447 g/mol. The fraction of sp³-hybridized carbons (Fsp3) is 0.250. The number of rotatable bonds is 6. The molecule has 0 aliphatic rings. The summed E-state index contributed by atoms with van der Waals surface area (Å²) in [4.78, 5) is 6.03. The van der Waals surface area contributed by atoms with E-state index in [-0.39, 0.29) is 6.04 Å². The zero-order chi connectivity index (χ0) is 19.7. The Morgan fingerprint density at radius 3 is 2.68 bits per heavy atom. The fourth-order valence-corrected chi connectivity index (χ4v) is 5.76. The molecule has 3 heterocycles. The highest BCUT2D eigenvalue weighted by molar-refractivity contribution is 7.98. The molecule has 0 saturated heterocycles. The Morgan fingerprint density at radius 1 is 1.14 bits per heavy atom. The summed E-state index contributed by atoms with van der Waals surface area (Å²) in [5.74, 6) is 1.67. The van der Waals surface area contributed by atoms with Gasteiger partial charge in [0.25, 0.3) is 0 Å². The highest BCUT2D eigenvalue weighted by atomic mass is 35.5. The molecule has 0 unspecified atom stereocenters. The number of hydrogen-bond acceptors (Lipinski definition) is 6. The van der Waals surface area contributed by atoms with Crippen molar-refractivity contribution in [3.8, 4) is 22.0 Å². The normalized spacial score (nSPS) is 11.5. The van der Waals surface area contributed by atoms with Gasteiger partial charge in [0, 0.05) is 38.6 Å². The second-order valence-corrected chi connectivity index (χ2v) is 9.95. The molecule has 4 aromatic rings. The largest absolute Gasteiger partial charge is 0.299 e. The van der Waals surface area contributed by atoms with Crippen LogP contribution in [0.15, 0.2) is 46.2 Å².